The van der Waals surface area contributed by atoms with Gasteiger partial charge in [0.15, 0.2) is 0 Å². The van der Waals surface area contributed by atoms with Gasteiger partial charge in [0.05, 0.1) is 5.92 Å². The van der Waals surface area contributed by atoms with E-state index in [2.05, 4.69) is 16.0 Å². The minimum atomic E-state index is -0.521. The number of carbonyl (C=O) groups is 2. The first-order valence-corrected chi connectivity index (χ1v) is 7.05. The highest BCUT2D eigenvalue weighted by atomic mass is 35.5. The summed E-state index contributed by atoms with van der Waals surface area (Å²) >= 11 is 0. The van der Waals surface area contributed by atoms with Crippen molar-refractivity contribution in [3.05, 3.63) is 24.3 Å². The van der Waals surface area contributed by atoms with E-state index in [1.54, 1.807) is 31.2 Å². The number of nitrogens with one attached hydrogen (secondary N) is 3. The molecule has 1 aliphatic rings. The molecule has 6 nitrogen and oxygen atoms in total. The van der Waals surface area contributed by atoms with Gasteiger partial charge in [-0.05, 0) is 38.1 Å². The fourth-order valence-corrected chi connectivity index (χ4v) is 2.15. The van der Waals surface area contributed by atoms with Crippen molar-refractivity contribution >= 4 is 35.6 Å². The second kappa shape index (κ2) is 8.73. The SMILES string of the molecule is COC(C)C(=O)Nc1cccc(NC(=O)C2CCNC2)c1.Cl. The monoisotopic (exact) mass is 327 g/mol. The number of rotatable bonds is 5. The fourth-order valence-electron chi connectivity index (χ4n) is 2.15. The van der Waals surface area contributed by atoms with Crippen LogP contribution in [-0.4, -0.2) is 38.1 Å². The summed E-state index contributed by atoms with van der Waals surface area (Å²) in [5.41, 5.74) is 1.31. The van der Waals surface area contributed by atoms with Crippen LogP contribution in [0.4, 0.5) is 11.4 Å². The molecule has 1 fully saturated rings. The number of methoxy groups -OCH3 is 1. The van der Waals surface area contributed by atoms with Crippen LogP contribution >= 0.6 is 12.4 Å². The molecule has 2 amide bonds. The molecular weight excluding hydrogens is 306 g/mol. The van der Waals surface area contributed by atoms with Crippen molar-refractivity contribution in [1.29, 1.82) is 0 Å². The van der Waals surface area contributed by atoms with Gasteiger partial charge in [-0.2, -0.15) is 0 Å². The number of hydrogen-bond acceptors (Lipinski definition) is 4. The molecule has 7 heteroatoms. The molecule has 2 unspecified atom stereocenters. The van der Waals surface area contributed by atoms with E-state index in [0.717, 1.165) is 13.0 Å². The van der Waals surface area contributed by atoms with Crippen LogP contribution in [0.2, 0.25) is 0 Å². The number of ether oxygens (including phenoxy) is 1. The number of carbonyl (C=O) groups excluding carboxylic acids is 2. The Labute approximate surface area is 136 Å². The second-order valence-corrected chi connectivity index (χ2v) is 5.13. The lowest BCUT2D eigenvalue weighted by Crippen LogP contribution is -2.27. The molecule has 0 spiro atoms. The molecule has 0 saturated carbocycles. The summed E-state index contributed by atoms with van der Waals surface area (Å²) in [6, 6.07) is 7.10. The van der Waals surface area contributed by atoms with Crippen LogP contribution in [0.1, 0.15) is 13.3 Å². The summed E-state index contributed by atoms with van der Waals surface area (Å²) in [7, 11) is 1.48. The Morgan fingerprint density at radius 1 is 1.32 bits per heavy atom. The Hall–Kier alpha value is -1.63. The maximum Gasteiger partial charge on any atom is 0.253 e. The molecule has 2 rings (SSSR count). The standard InChI is InChI=1S/C15H21N3O3.ClH/c1-10(21-2)14(19)17-12-4-3-5-13(8-12)18-15(20)11-6-7-16-9-11;/h3-5,8,10-11,16H,6-7,9H2,1-2H3,(H,17,19)(H,18,20);1H. The van der Waals surface area contributed by atoms with Gasteiger partial charge in [0, 0.05) is 25.0 Å². The zero-order valence-corrected chi connectivity index (χ0v) is 13.5. The first kappa shape index (κ1) is 18.4. The molecule has 0 aliphatic carbocycles. The molecule has 1 aromatic carbocycles. The lowest BCUT2D eigenvalue weighted by Gasteiger charge is -2.13. The van der Waals surface area contributed by atoms with Crippen LogP contribution in [0.25, 0.3) is 0 Å². The zero-order chi connectivity index (χ0) is 15.2. The minimum absolute atomic E-state index is 0. The van der Waals surface area contributed by atoms with E-state index in [9.17, 15) is 9.59 Å². The van der Waals surface area contributed by atoms with E-state index in [4.69, 9.17) is 4.74 Å². The summed E-state index contributed by atoms with van der Waals surface area (Å²) in [4.78, 5) is 23.8. The van der Waals surface area contributed by atoms with Gasteiger partial charge in [-0.25, -0.2) is 0 Å². The van der Waals surface area contributed by atoms with Crippen molar-refractivity contribution in [1.82, 2.24) is 5.32 Å². The molecule has 0 bridgehead atoms. The quantitative estimate of drug-likeness (QED) is 0.768. The maximum absolute atomic E-state index is 12.0. The van der Waals surface area contributed by atoms with Gasteiger partial charge < -0.3 is 20.7 Å². The third-order valence-corrected chi connectivity index (χ3v) is 3.55. The predicted octanol–water partition coefficient (Wildman–Crippen LogP) is 1.63. The van der Waals surface area contributed by atoms with Crippen molar-refractivity contribution in [2.75, 3.05) is 30.8 Å². The number of hydrogen-bond donors (Lipinski definition) is 3. The Bertz CT molecular complexity index is 519. The molecule has 1 heterocycles. The highest BCUT2D eigenvalue weighted by molar-refractivity contribution is 5.96. The van der Waals surface area contributed by atoms with Crippen LogP contribution in [0.5, 0.6) is 0 Å². The molecule has 0 radical (unpaired) electrons. The number of benzene rings is 1. The van der Waals surface area contributed by atoms with Crippen molar-refractivity contribution in [2.24, 2.45) is 5.92 Å². The van der Waals surface area contributed by atoms with Crippen molar-refractivity contribution in [3.8, 4) is 0 Å². The topological polar surface area (TPSA) is 79.5 Å². The molecule has 3 N–H and O–H groups in total. The van der Waals surface area contributed by atoms with Gasteiger partial charge in [-0.1, -0.05) is 6.07 Å². The van der Waals surface area contributed by atoms with Gasteiger partial charge in [0.1, 0.15) is 6.10 Å². The number of halogens is 1. The van der Waals surface area contributed by atoms with Gasteiger partial charge in [-0.3, -0.25) is 9.59 Å². The average molecular weight is 328 g/mol. The molecule has 0 aromatic heterocycles. The molecule has 122 valence electrons. The first-order valence-electron chi connectivity index (χ1n) is 7.05. The highest BCUT2D eigenvalue weighted by Gasteiger charge is 2.22. The molecule has 1 aromatic rings. The summed E-state index contributed by atoms with van der Waals surface area (Å²) < 4.78 is 4.96. The lowest BCUT2D eigenvalue weighted by molar-refractivity contribution is -0.124. The molecular formula is C15H22ClN3O3. The highest BCUT2D eigenvalue weighted by Crippen LogP contribution is 2.17. The normalized spacial score (nSPS) is 18.2. The Kier molecular flexibility index (Phi) is 7.31. The summed E-state index contributed by atoms with van der Waals surface area (Å²) in [5.74, 6) is -0.202. The molecule has 2 atom stereocenters. The summed E-state index contributed by atoms with van der Waals surface area (Å²) in [5, 5.41) is 8.79. The van der Waals surface area contributed by atoms with Gasteiger partial charge >= 0.3 is 0 Å². The Morgan fingerprint density at radius 2 is 2.00 bits per heavy atom. The van der Waals surface area contributed by atoms with Crippen molar-refractivity contribution in [3.63, 3.8) is 0 Å². The van der Waals surface area contributed by atoms with E-state index in [-0.39, 0.29) is 30.1 Å². The van der Waals surface area contributed by atoms with Crippen molar-refractivity contribution in [2.45, 2.75) is 19.4 Å². The number of amides is 2. The fraction of sp³-hybridized carbons (Fsp3) is 0.467. The van der Waals surface area contributed by atoms with Crippen LogP contribution in [0, 0.1) is 5.92 Å². The van der Waals surface area contributed by atoms with Gasteiger partial charge in [0.2, 0.25) is 5.91 Å². The van der Waals surface area contributed by atoms with Crippen LogP contribution < -0.4 is 16.0 Å². The van der Waals surface area contributed by atoms with Crippen molar-refractivity contribution < 1.29 is 14.3 Å². The van der Waals surface area contributed by atoms with E-state index in [1.807, 2.05) is 0 Å². The summed E-state index contributed by atoms with van der Waals surface area (Å²) in [6.45, 7) is 3.27. The maximum atomic E-state index is 12.0. The number of anilines is 2. The smallest absolute Gasteiger partial charge is 0.253 e. The van der Waals surface area contributed by atoms with E-state index in [1.165, 1.54) is 7.11 Å². The average Bonchev–Trinajstić information content (AvgIpc) is 3.01. The third kappa shape index (κ3) is 4.98. The van der Waals surface area contributed by atoms with Crippen LogP contribution in [-0.2, 0) is 14.3 Å². The summed E-state index contributed by atoms with van der Waals surface area (Å²) in [6.07, 6.45) is 0.334. The Balaban J connectivity index is 0.00000242. The lowest BCUT2D eigenvalue weighted by atomic mass is 10.1. The minimum Gasteiger partial charge on any atom is -0.372 e. The Morgan fingerprint density at radius 3 is 2.59 bits per heavy atom. The first-order chi connectivity index (χ1) is 10.1. The van der Waals surface area contributed by atoms with Gasteiger partial charge in [0.25, 0.3) is 5.91 Å². The third-order valence-electron chi connectivity index (χ3n) is 3.55. The zero-order valence-electron chi connectivity index (χ0n) is 12.7. The van der Waals surface area contributed by atoms with Crippen LogP contribution in [0.3, 0.4) is 0 Å². The molecule has 22 heavy (non-hydrogen) atoms. The van der Waals surface area contributed by atoms with E-state index in [0.29, 0.717) is 17.9 Å². The molecule has 1 saturated heterocycles. The van der Waals surface area contributed by atoms with Gasteiger partial charge in [-0.15, -0.1) is 12.4 Å². The van der Waals surface area contributed by atoms with E-state index >= 15 is 0 Å². The van der Waals surface area contributed by atoms with E-state index < -0.39 is 6.10 Å². The van der Waals surface area contributed by atoms with Crippen LogP contribution in [0.15, 0.2) is 24.3 Å². The molecule has 1 aliphatic heterocycles. The second-order valence-electron chi connectivity index (χ2n) is 5.13. The predicted molar refractivity (Wildman–Crippen MR) is 88.4 cm³/mol. The largest absolute Gasteiger partial charge is 0.372 e.